The number of anilines is 1. The van der Waals surface area contributed by atoms with Gasteiger partial charge in [0, 0.05) is 10.6 Å². The Morgan fingerprint density at radius 3 is 2.42 bits per heavy atom. The number of benzene rings is 3. The van der Waals surface area contributed by atoms with Gasteiger partial charge in [0.05, 0.1) is 30.0 Å². The van der Waals surface area contributed by atoms with Crippen molar-refractivity contribution in [2.45, 2.75) is 6.04 Å². The standard InChI is InChI=1S/C22H17ClN2O/c23-16-12-10-15(11-13-16)22-19-14-26-20-9-5-4-8-18(20)21(19)24-25(22)17-6-2-1-3-7-17/h1-13,19,22H,14H2/t19-,22+/m1/s1. The smallest absolute Gasteiger partial charge is 0.128 e. The number of hydrogen-bond acceptors (Lipinski definition) is 3. The van der Waals surface area contributed by atoms with Crippen molar-refractivity contribution in [2.24, 2.45) is 11.0 Å². The Balaban J connectivity index is 1.65. The van der Waals surface area contributed by atoms with Crippen LogP contribution < -0.4 is 9.75 Å². The second-order valence-electron chi connectivity index (χ2n) is 6.58. The highest BCUT2D eigenvalue weighted by Crippen LogP contribution is 2.44. The van der Waals surface area contributed by atoms with Crippen molar-refractivity contribution in [1.29, 1.82) is 0 Å². The molecule has 0 radical (unpaired) electrons. The number of halogens is 1. The molecule has 4 heteroatoms. The monoisotopic (exact) mass is 360 g/mol. The molecule has 3 aromatic rings. The van der Waals surface area contributed by atoms with Crippen molar-refractivity contribution in [3.63, 3.8) is 0 Å². The third-order valence-corrected chi connectivity index (χ3v) is 5.28. The fourth-order valence-corrected chi connectivity index (χ4v) is 3.94. The molecule has 0 unspecified atom stereocenters. The van der Waals surface area contributed by atoms with E-state index in [9.17, 15) is 0 Å². The number of nitrogens with zero attached hydrogens (tertiary/aromatic N) is 2. The van der Waals surface area contributed by atoms with Gasteiger partial charge >= 0.3 is 0 Å². The summed E-state index contributed by atoms with van der Waals surface area (Å²) in [5, 5.41) is 7.90. The summed E-state index contributed by atoms with van der Waals surface area (Å²) < 4.78 is 6.06. The molecule has 2 heterocycles. The average molecular weight is 361 g/mol. The molecule has 0 fully saturated rings. The highest BCUT2D eigenvalue weighted by atomic mass is 35.5. The maximum absolute atomic E-state index is 6.11. The third kappa shape index (κ3) is 2.47. The van der Waals surface area contributed by atoms with Gasteiger partial charge < -0.3 is 4.74 Å². The van der Waals surface area contributed by atoms with Crippen LogP contribution in [0.25, 0.3) is 0 Å². The molecule has 128 valence electrons. The van der Waals surface area contributed by atoms with Gasteiger partial charge in [0.25, 0.3) is 0 Å². The molecular weight excluding hydrogens is 344 g/mol. The Hall–Kier alpha value is -2.78. The minimum absolute atomic E-state index is 0.0815. The van der Waals surface area contributed by atoms with E-state index in [2.05, 4.69) is 35.3 Å². The largest absolute Gasteiger partial charge is 0.492 e. The van der Waals surface area contributed by atoms with E-state index in [0.717, 1.165) is 27.7 Å². The van der Waals surface area contributed by atoms with Gasteiger partial charge in [-0.05, 0) is 42.0 Å². The summed E-state index contributed by atoms with van der Waals surface area (Å²) in [4.78, 5) is 0. The number of hydrazone groups is 1. The average Bonchev–Trinajstić information content (AvgIpc) is 3.09. The first kappa shape index (κ1) is 15.5. The number of para-hydroxylation sites is 2. The molecule has 3 nitrogen and oxygen atoms in total. The SMILES string of the molecule is Clc1ccc([C@H]2[C@@H]3COc4ccccc4C3=NN2c2ccccc2)cc1. The van der Waals surface area contributed by atoms with E-state index in [1.165, 1.54) is 5.56 Å². The molecule has 26 heavy (non-hydrogen) atoms. The second kappa shape index (κ2) is 6.19. The topological polar surface area (TPSA) is 24.8 Å². The number of ether oxygens (including phenoxy) is 1. The van der Waals surface area contributed by atoms with E-state index in [0.29, 0.717) is 6.61 Å². The number of fused-ring (bicyclic) bond motifs is 3. The Morgan fingerprint density at radius 2 is 1.62 bits per heavy atom. The Labute approximate surface area is 157 Å². The lowest BCUT2D eigenvalue weighted by atomic mass is 9.86. The lowest BCUT2D eigenvalue weighted by Crippen LogP contribution is -2.32. The lowest BCUT2D eigenvalue weighted by molar-refractivity contribution is 0.260. The van der Waals surface area contributed by atoms with Crippen molar-refractivity contribution >= 4 is 23.0 Å². The van der Waals surface area contributed by atoms with Gasteiger partial charge in [0.1, 0.15) is 5.75 Å². The van der Waals surface area contributed by atoms with Crippen molar-refractivity contribution in [2.75, 3.05) is 11.6 Å². The fraction of sp³-hybridized carbons (Fsp3) is 0.136. The molecule has 0 aromatic heterocycles. The molecule has 5 rings (SSSR count). The van der Waals surface area contributed by atoms with Gasteiger partial charge in [-0.1, -0.05) is 54.1 Å². The zero-order chi connectivity index (χ0) is 17.5. The predicted octanol–water partition coefficient (Wildman–Crippen LogP) is 5.31. The highest BCUT2D eigenvalue weighted by Gasteiger charge is 2.43. The van der Waals surface area contributed by atoms with Crippen molar-refractivity contribution < 1.29 is 4.74 Å². The molecule has 2 aliphatic rings. The summed E-state index contributed by atoms with van der Waals surface area (Å²) in [5.74, 6) is 1.08. The summed E-state index contributed by atoms with van der Waals surface area (Å²) >= 11 is 6.11. The van der Waals surface area contributed by atoms with E-state index in [1.807, 2.05) is 48.5 Å². The summed E-state index contributed by atoms with van der Waals surface area (Å²) in [6, 6.07) is 26.6. The number of hydrogen-bond donors (Lipinski definition) is 0. The lowest BCUT2D eigenvalue weighted by Gasteiger charge is -2.30. The molecule has 2 atom stereocenters. The molecule has 0 saturated heterocycles. The Kier molecular flexibility index (Phi) is 3.68. The summed E-state index contributed by atoms with van der Waals surface area (Å²) in [6.07, 6.45) is 0. The van der Waals surface area contributed by atoms with E-state index in [1.54, 1.807) is 0 Å². The van der Waals surface area contributed by atoms with Gasteiger partial charge in [-0.25, -0.2) is 0 Å². The predicted molar refractivity (Wildman–Crippen MR) is 105 cm³/mol. The third-order valence-electron chi connectivity index (χ3n) is 5.02. The van der Waals surface area contributed by atoms with Gasteiger partial charge in [-0.2, -0.15) is 5.10 Å². The first-order chi connectivity index (χ1) is 12.8. The van der Waals surface area contributed by atoms with E-state index in [-0.39, 0.29) is 12.0 Å². The van der Waals surface area contributed by atoms with Gasteiger partial charge in [-0.15, -0.1) is 0 Å². The molecule has 0 N–H and O–H groups in total. The molecule has 0 spiro atoms. The minimum atomic E-state index is 0.0815. The summed E-state index contributed by atoms with van der Waals surface area (Å²) in [5.41, 5.74) is 4.44. The van der Waals surface area contributed by atoms with Crippen LogP contribution in [0.2, 0.25) is 5.02 Å². The second-order valence-corrected chi connectivity index (χ2v) is 7.01. The summed E-state index contributed by atoms with van der Waals surface area (Å²) in [7, 11) is 0. The van der Waals surface area contributed by atoms with Crippen LogP contribution in [0.4, 0.5) is 5.69 Å². The van der Waals surface area contributed by atoms with E-state index in [4.69, 9.17) is 21.4 Å². The molecule has 0 bridgehead atoms. The Morgan fingerprint density at radius 1 is 0.885 bits per heavy atom. The van der Waals surface area contributed by atoms with Crippen molar-refractivity contribution in [3.8, 4) is 5.75 Å². The first-order valence-electron chi connectivity index (χ1n) is 8.72. The molecule has 2 aliphatic heterocycles. The van der Waals surface area contributed by atoms with Crippen LogP contribution in [0, 0.1) is 5.92 Å². The quantitative estimate of drug-likeness (QED) is 0.618. The van der Waals surface area contributed by atoms with Crippen molar-refractivity contribution in [1.82, 2.24) is 0 Å². The van der Waals surface area contributed by atoms with Crippen LogP contribution in [0.5, 0.6) is 5.75 Å². The molecular formula is C22H17ClN2O. The molecule has 0 amide bonds. The normalized spacial score (nSPS) is 20.8. The zero-order valence-corrected chi connectivity index (χ0v) is 14.8. The van der Waals surface area contributed by atoms with Gasteiger partial charge in [0.2, 0.25) is 0 Å². The first-order valence-corrected chi connectivity index (χ1v) is 9.09. The molecule has 3 aromatic carbocycles. The maximum Gasteiger partial charge on any atom is 0.128 e. The molecule has 0 aliphatic carbocycles. The van der Waals surface area contributed by atoms with Crippen LogP contribution >= 0.6 is 11.6 Å². The zero-order valence-electron chi connectivity index (χ0n) is 14.0. The van der Waals surface area contributed by atoms with Crippen LogP contribution in [-0.2, 0) is 0 Å². The fourth-order valence-electron chi connectivity index (χ4n) is 3.81. The van der Waals surface area contributed by atoms with Gasteiger partial charge in [0.15, 0.2) is 0 Å². The van der Waals surface area contributed by atoms with Crippen LogP contribution in [-0.4, -0.2) is 12.3 Å². The minimum Gasteiger partial charge on any atom is -0.492 e. The van der Waals surface area contributed by atoms with Crippen molar-refractivity contribution in [3.05, 3.63) is 95.0 Å². The maximum atomic E-state index is 6.11. The van der Waals surface area contributed by atoms with Crippen LogP contribution in [0.1, 0.15) is 17.2 Å². The van der Waals surface area contributed by atoms with Crippen LogP contribution in [0.15, 0.2) is 84.0 Å². The highest BCUT2D eigenvalue weighted by molar-refractivity contribution is 6.30. The van der Waals surface area contributed by atoms with E-state index >= 15 is 0 Å². The van der Waals surface area contributed by atoms with Gasteiger partial charge in [-0.3, -0.25) is 5.01 Å². The number of rotatable bonds is 2. The van der Waals surface area contributed by atoms with Crippen LogP contribution in [0.3, 0.4) is 0 Å². The van der Waals surface area contributed by atoms with E-state index < -0.39 is 0 Å². The molecule has 0 saturated carbocycles. The Bertz CT molecular complexity index is 969. The summed E-state index contributed by atoms with van der Waals surface area (Å²) in [6.45, 7) is 0.618.